The van der Waals surface area contributed by atoms with E-state index in [-0.39, 0.29) is 6.42 Å². The van der Waals surface area contributed by atoms with E-state index in [1.54, 1.807) is 31.2 Å². The second-order valence-electron chi connectivity index (χ2n) is 7.71. The first-order chi connectivity index (χ1) is 14.7. The van der Waals surface area contributed by atoms with Crippen LogP contribution in [0, 0.1) is 6.92 Å². The molecule has 0 radical (unpaired) electrons. The molecule has 3 rings (SSSR count). The summed E-state index contributed by atoms with van der Waals surface area (Å²) >= 11 is 1.38. The van der Waals surface area contributed by atoms with Crippen LogP contribution in [0.2, 0.25) is 0 Å². The van der Waals surface area contributed by atoms with E-state index in [0.717, 1.165) is 52.2 Å². The van der Waals surface area contributed by atoms with E-state index < -0.39 is 27.9 Å². The fraction of sp³-hybridized carbons (Fsp3) is 0.455. The number of esters is 1. The van der Waals surface area contributed by atoms with Crippen LogP contribution in [0.3, 0.4) is 0 Å². The topological polar surface area (TPSA) is 92.8 Å². The molecule has 1 amide bonds. The van der Waals surface area contributed by atoms with Crippen molar-refractivity contribution in [2.24, 2.45) is 0 Å². The van der Waals surface area contributed by atoms with Gasteiger partial charge < -0.3 is 10.1 Å². The van der Waals surface area contributed by atoms with Crippen molar-refractivity contribution in [3.8, 4) is 0 Å². The number of aryl methyl sites for hydroxylation is 2. The van der Waals surface area contributed by atoms with E-state index >= 15 is 0 Å². The fourth-order valence-electron chi connectivity index (χ4n) is 3.92. The first kappa shape index (κ1) is 23.3. The average Bonchev–Trinajstić information content (AvgIpc) is 3.09. The first-order valence-electron chi connectivity index (χ1n) is 10.3. The molecule has 0 saturated heterocycles. The van der Waals surface area contributed by atoms with Crippen LogP contribution in [0.1, 0.15) is 52.5 Å². The van der Waals surface area contributed by atoms with Crippen molar-refractivity contribution < 1.29 is 22.7 Å². The molecule has 1 N–H and O–H groups in total. The highest BCUT2D eigenvalue weighted by Crippen LogP contribution is 2.39. The van der Waals surface area contributed by atoms with Gasteiger partial charge in [0, 0.05) is 4.88 Å². The molecule has 31 heavy (non-hydrogen) atoms. The molecule has 9 heteroatoms. The predicted molar refractivity (Wildman–Crippen MR) is 124 cm³/mol. The zero-order valence-corrected chi connectivity index (χ0v) is 19.9. The third kappa shape index (κ3) is 4.93. The van der Waals surface area contributed by atoms with Crippen molar-refractivity contribution >= 4 is 43.9 Å². The highest BCUT2D eigenvalue weighted by Gasteiger charge is 2.34. The van der Waals surface area contributed by atoms with Gasteiger partial charge in [0.15, 0.2) is 0 Å². The normalized spacial score (nSPS) is 14.5. The summed E-state index contributed by atoms with van der Waals surface area (Å²) in [6.07, 6.45) is 5.00. The second-order valence-corrected chi connectivity index (χ2v) is 10.7. The van der Waals surface area contributed by atoms with Gasteiger partial charge in [-0.3, -0.25) is 9.10 Å². The van der Waals surface area contributed by atoms with Crippen molar-refractivity contribution in [2.45, 2.75) is 52.0 Å². The Hall–Kier alpha value is -2.39. The summed E-state index contributed by atoms with van der Waals surface area (Å²) in [6, 6.07) is 6.04. The molecule has 0 bridgehead atoms. The molecule has 0 fully saturated rings. The molecule has 1 unspecified atom stereocenters. The Morgan fingerprint density at radius 3 is 2.42 bits per heavy atom. The quantitative estimate of drug-likeness (QED) is 0.627. The van der Waals surface area contributed by atoms with E-state index in [4.69, 9.17) is 4.74 Å². The molecule has 1 heterocycles. The summed E-state index contributed by atoms with van der Waals surface area (Å²) < 4.78 is 31.4. The van der Waals surface area contributed by atoms with Gasteiger partial charge in [0.1, 0.15) is 11.0 Å². The van der Waals surface area contributed by atoms with Gasteiger partial charge in [0.05, 0.1) is 24.6 Å². The van der Waals surface area contributed by atoms with Crippen LogP contribution in [0.15, 0.2) is 24.3 Å². The number of fused-ring (bicyclic) bond motifs is 1. The summed E-state index contributed by atoms with van der Waals surface area (Å²) in [5.74, 6) is -0.960. The molecule has 1 aromatic heterocycles. The smallest absolute Gasteiger partial charge is 0.341 e. The van der Waals surface area contributed by atoms with Gasteiger partial charge in [-0.25, -0.2) is 13.2 Å². The molecule has 0 spiro atoms. The number of nitrogens with zero attached hydrogens (tertiary/aromatic N) is 1. The molecule has 1 aliphatic rings. The van der Waals surface area contributed by atoms with Gasteiger partial charge in [-0.05, 0) is 56.7 Å². The number of nitrogens with one attached hydrogen (secondary N) is 1. The van der Waals surface area contributed by atoms with Crippen molar-refractivity contribution in [1.29, 1.82) is 0 Å². The molecule has 7 nitrogen and oxygen atoms in total. The van der Waals surface area contributed by atoms with Crippen molar-refractivity contribution in [3.63, 3.8) is 0 Å². The number of sulfonamides is 1. The monoisotopic (exact) mass is 464 g/mol. The number of carbonyl (C=O) groups is 2. The number of amides is 1. The predicted octanol–water partition coefficient (Wildman–Crippen LogP) is 3.91. The fourth-order valence-corrected chi connectivity index (χ4v) is 6.41. The number of thiophene rings is 1. The number of anilines is 2. The number of hydrogen-bond acceptors (Lipinski definition) is 6. The average molecular weight is 465 g/mol. The van der Waals surface area contributed by atoms with Crippen molar-refractivity contribution in [3.05, 3.63) is 45.8 Å². The summed E-state index contributed by atoms with van der Waals surface area (Å²) in [6.45, 7) is 3.67. The number of carbonyl (C=O) groups excluding carboxylic acids is 2. The zero-order chi connectivity index (χ0) is 22.8. The molecule has 168 valence electrons. The van der Waals surface area contributed by atoms with Crippen LogP contribution < -0.4 is 9.62 Å². The largest absolute Gasteiger partial charge is 0.465 e. The third-order valence-corrected chi connectivity index (χ3v) is 7.80. The molecule has 1 atom stereocenters. The van der Waals surface area contributed by atoms with E-state index in [0.29, 0.717) is 16.3 Å². The van der Waals surface area contributed by atoms with Gasteiger partial charge in [0.25, 0.3) is 0 Å². The Morgan fingerprint density at radius 2 is 1.84 bits per heavy atom. The highest BCUT2D eigenvalue weighted by molar-refractivity contribution is 7.92. The van der Waals surface area contributed by atoms with E-state index in [2.05, 4.69) is 5.32 Å². The lowest BCUT2D eigenvalue weighted by molar-refractivity contribution is -0.117. The Morgan fingerprint density at radius 1 is 1.19 bits per heavy atom. The number of benzene rings is 1. The Labute approximate surface area is 187 Å². The lowest BCUT2D eigenvalue weighted by Crippen LogP contribution is -2.47. The van der Waals surface area contributed by atoms with E-state index in [1.807, 2.05) is 6.92 Å². The Kier molecular flexibility index (Phi) is 7.06. The van der Waals surface area contributed by atoms with Gasteiger partial charge in [0.2, 0.25) is 15.9 Å². The molecule has 1 aliphatic carbocycles. The van der Waals surface area contributed by atoms with Crippen LogP contribution in [0.4, 0.5) is 10.7 Å². The number of ether oxygens (including phenoxy) is 1. The number of hydrogen-bond donors (Lipinski definition) is 1. The summed E-state index contributed by atoms with van der Waals surface area (Å²) in [5.41, 5.74) is 2.74. The maximum atomic E-state index is 13.3. The maximum Gasteiger partial charge on any atom is 0.341 e. The first-order valence-corrected chi connectivity index (χ1v) is 12.9. The van der Waals surface area contributed by atoms with Gasteiger partial charge in [-0.15, -0.1) is 11.3 Å². The lowest BCUT2D eigenvalue weighted by atomic mass is 9.95. The molecule has 0 aliphatic heterocycles. The molecule has 0 saturated carbocycles. The minimum atomic E-state index is -3.73. The van der Waals surface area contributed by atoms with Crippen LogP contribution in [-0.4, -0.2) is 39.7 Å². The lowest BCUT2D eigenvalue weighted by Gasteiger charge is -2.30. The van der Waals surface area contributed by atoms with E-state index in [9.17, 15) is 18.0 Å². The zero-order valence-electron chi connectivity index (χ0n) is 18.2. The van der Waals surface area contributed by atoms with Gasteiger partial charge in [-0.2, -0.15) is 0 Å². The summed E-state index contributed by atoms with van der Waals surface area (Å²) in [4.78, 5) is 26.8. The van der Waals surface area contributed by atoms with Crippen LogP contribution in [-0.2, 0) is 32.4 Å². The molecular formula is C22H28N2O5S2. The Bertz CT molecular complexity index is 1070. The van der Waals surface area contributed by atoms with Gasteiger partial charge >= 0.3 is 5.97 Å². The van der Waals surface area contributed by atoms with Crippen LogP contribution in [0.5, 0.6) is 0 Å². The highest BCUT2D eigenvalue weighted by atomic mass is 32.2. The van der Waals surface area contributed by atoms with Gasteiger partial charge in [-0.1, -0.05) is 24.6 Å². The standard InChI is InChI=1S/C22H28N2O5S2/c1-5-17(24(31(4,27)28)15-12-10-14(2)11-13-15)20(25)23-21-19(22(26)29-3)16-8-6-7-9-18(16)30-21/h10-13,17H,5-9H2,1-4H3,(H,23,25). The number of rotatable bonds is 7. The SMILES string of the molecule is CCC(C(=O)Nc1sc2c(c1C(=O)OC)CCCC2)N(c1ccc(C)cc1)S(C)(=O)=O. The third-order valence-electron chi connectivity index (χ3n) is 5.42. The molecule has 2 aromatic rings. The van der Waals surface area contributed by atoms with Crippen molar-refractivity contribution in [1.82, 2.24) is 0 Å². The van der Waals surface area contributed by atoms with Crippen LogP contribution >= 0.6 is 11.3 Å². The minimum Gasteiger partial charge on any atom is -0.465 e. The summed E-state index contributed by atoms with van der Waals surface area (Å²) in [7, 11) is -2.41. The molecular weight excluding hydrogens is 436 g/mol. The Balaban J connectivity index is 1.98. The van der Waals surface area contributed by atoms with E-state index in [1.165, 1.54) is 18.4 Å². The molecule has 1 aromatic carbocycles. The minimum absolute atomic E-state index is 0.269. The maximum absolute atomic E-state index is 13.3. The second kappa shape index (κ2) is 9.40. The van der Waals surface area contributed by atoms with Crippen molar-refractivity contribution in [2.75, 3.05) is 23.0 Å². The summed E-state index contributed by atoms with van der Waals surface area (Å²) in [5, 5.41) is 3.27. The van der Waals surface area contributed by atoms with Crippen LogP contribution in [0.25, 0.3) is 0 Å². The number of methoxy groups -OCH3 is 1.